The predicted octanol–water partition coefficient (Wildman–Crippen LogP) is -0.0620. The Bertz CT molecular complexity index is 642. The van der Waals surface area contributed by atoms with Crippen molar-refractivity contribution in [2.75, 3.05) is 0 Å². The Labute approximate surface area is 121 Å². The molecular weight excluding hydrogens is 276 g/mol. The van der Waals surface area contributed by atoms with Gasteiger partial charge in [0.15, 0.2) is 6.10 Å². The van der Waals surface area contributed by atoms with Crippen LogP contribution in [0.3, 0.4) is 0 Å². The summed E-state index contributed by atoms with van der Waals surface area (Å²) in [5, 5.41) is 11.4. The van der Waals surface area contributed by atoms with Crippen LogP contribution in [0.1, 0.15) is 20.3 Å². The van der Waals surface area contributed by atoms with Gasteiger partial charge in [0.1, 0.15) is 12.2 Å². The zero-order valence-electron chi connectivity index (χ0n) is 11.8. The van der Waals surface area contributed by atoms with Crippen LogP contribution in [0, 0.1) is 17.3 Å². The Morgan fingerprint density at radius 2 is 2.10 bits per heavy atom. The highest BCUT2D eigenvalue weighted by molar-refractivity contribution is 5.91. The highest BCUT2D eigenvalue weighted by Crippen LogP contribution is 2.76. The lowest BCUT2D eigenvalue weighted by Crippen LogP contribution is -2.66. The molecule has 8 atom stereocenters. The van der Waals surface area contributed by atoms with E-state index in [0.717, 1.165) is 5.57 Å². The van der Waals surface area contributed by atoms with Crippen molar-refractivity contribution in [1.82, 2.24) is 0 Å². The van der Waals surface area contributed by atoms with E-state index in [1.165, 1.54) is 0 Å². The van der Waals surface area contributed by atoms with Crippen LogP contribution in [0.15, 0.2) is 12.2 Å². The Balaban J connectivity index is 1.78. The van der Waals surface area contributed by atoms with Gasteiger partial charge in [0.05, 0.1) is 16.9 Å². The molecule has 3 aliphatic heterocycles. The number of hydrogen-bond donors (Lipinski definition) is 1. The molecule has 5 aliphatic rings. The van der Waals surface area contributed by atoms with Gasteiger partial charge in [0.2, 0.25) is 5.60 Å². The number of fused-ring (bicyclic) bond motifs is 4. The largest absolute Gasteiger partial charge is 0.457 e. The second kappa shape index (κ2) is 2.90. The van der Waals surface area contributed by atoms with Crippen molar-refractivity contribution in [1.29, 1.82) is 0 Å². The molecule has 2 aliphatic carbocycles. The molecular formula is C15H16O6. The minimum Gasteiger partial charge on any atom is -0.457 e. The van der Waals surface area contributed by atoms with Crippen molar-refractivity contribution in [3.8, 4) is 0 Å². The Morgan fingerprint density at radius 3 is 2.76 bits per heavy atom. The molecule has 6 nitrogen and oxygen atoms in total. The molecule has 6 heteroatoms. The van der Waals surface area contributed by atoms with Gasteiger partial charge in [-0.05, 0) is 13.8 Å². The summed E-state index contributed by atoms with van der Waals surface area (Å²) in [6.07, 6.45) is -1.34. The van der Waals surface area contributed by atoms with Gasteiger partial charge in [-0.2, -0.15) is 0 Å². The predicted molar refractivity (Wildman–Crippen MR) is 66.8 cm³/mol. The van der Waals surface area contributed by atoms with E-state index in [1.54, 1.807) is 6.92 Å². The number of rotatable bonds is 1. The minimum atomic E-state index is -1.35. The first-order valence-electron chi connectivity index (χ1n) is 7.26. The molecule has 3 saturated heterocycles. The lowest BCUT2D eigenvalue weighted by atomic mass is 9.53. The SMILES string of the molecule is C=C(C)[C@H]1[C@@H]2OC(=O)[C@H]1[C@]1(O)CC3OC34C(=O)O[C@H]2[C@@]41C. The maximum Gasteiger partial charge on any atom is 0.342 e. The Morgan fingerprint density at radius 1 is 1.38 bits per heavy atom. The summed E-state index contributed by atoms with van der Waals surface area (Å²) >= 11 is 0. The molecule has 2 saturated carbocycles. The van der Waals surface area contributed by atoms with Crippen LogP contribution in [0.4, 0.5) is 0 Å². The summed E-state index contributed by atoms with van der Waals surface area (Å²) in [6.45, 7) is 7.55. The van der Waals surface area contributed by atoms with E-state index < -0.39 is 46.7 Å². The second-order valence-corrected chi connectivity index (χ2v) is 7.25. The molecule has 0 amide bonds. The first-order chi connectivity index (χ1) is 9.79. The van der Waals surface area contributed by atoms with Gasteiger partial charge < -0.3 is 19.3 Å². The molecule has 2 unspecified atom stereocenters. The highest BCUT2D eigenvalue weighted by atomic mass is 16.7. The number of carbonyl (C=O) groups is 2. The maximum atomic E-state index is 12.3. The lowest BCUT2D eigenvalue weighted by Gasteiger charge is -2.51. The summed E-state index contributed by atoms with van der Waals surface area (Å²) in [4.78, 5) is 24.7. The van der Waals surface area contributed by atoms with E-state index in [-0.39, 0.29) is 18.4 Å². The smallest absolute Gasteiger partial charge is 0.342 e. The molecule has 21 heavy (non-hydrogen) atoms. The monoisotopic (exact) mass is 292 g/mol. The molecule has 3 heterocycles. The molecule has 5 fully saturated rings. The number of hydrogen-bond acceptors (Lipinski definition) is 6. The summed E-state index contributed by atoms with van der Waals surface area (Å²) in [6, 6.07) is 0. The van der Waals surface area contributed by atoms with Crippen molar-refractivity contribution < 1.29 is 28.9 Å². The molecule has 0 aromatic heterocycles. The van der Waals surface area contributed by atoms with E-state index in [4.69, 9.17) is 14.2 Å². The van der Waals surface area contributed by atoms with Gasteiger partial charge in [-0.25, -0.2) is 4.79 Å². The van der Waals surface area contributed by atoms with Gasteiger partial charge >= 0.3 is 11.9 Å². The third-order valence-electron chi connectivity index (χ3n) is 6.60. The summed E-state index contributed by atoms with van der Waals surface area (Å²) in [5.41, 5.74) is -2.60. The van der Waals surface area contributed by atoms with E-state index in [9.17, 15) is 14.7 Å². The number of aliphatic hydroxyl groups is 1. The summed E-state index contributed by atoms with van der Waals surface area (Å²) in [7, 11) is 0. The average molecular weight is 292 g/mol. The zero-order chi connectivity index (χ0) is 14.9. The van der Waals surface area contributed by atoms with E-state index in [2.05, 4.69) is 6.58 Å². The number of carbonyl (C=O) groups excluding carboxylic acids is 2. The summed E-state index contributed by atoms with van der Waals surface area (Å²) < 4.78 is 16.6. The van der Waals surface area contributed by atoms with Crippen LogP contribution in [-0.2, 0) is 23.8 Å². The molecule has 0 aromatic carbocycles. The van der Waals surface area contributed by atoms with Crippen LogP contribution >= 0.6 is 0 Å². The topological polar surface area (TPSA) is 85.4 Å². The van der Waals surface area contributed by atoms with Crippen LogP contribution in [0.5, 0.6) is 0 Å². The molecule has 0 radical (unpaired) electrons. The molecule has 2 bridgehead atoms. The average Bonchev–Trinajstić information content (AvgIpc) is 2.86. The fraction of sp³-hybridized carbons (Fsp3) is 0.733. The van der Waals surface area contributed by atoms with E-state index in [0.29, 0.717) is 0 Å². The third kappa shape index (κ3) is 0.874. The number of ether oxygens (including phenoxy) is 3. The van der Waals surface area contributed by atoms with Crippen molar-refractivity contribution in [3.05, 3.63) is 12.2 Å². The second-order valence-electron chi connectivity index (χ2n) is 7.25. The normalized spacial score (nSPS) is 62.0. The van der Waals surface area contributed by atoms with Gasteiger partial charge in [-0.3, -0.25) is 4.79 Å². The Kier molecular flexibility index (Phi) is 1.68. The first-order valence-corrected chi connectivity index (χ1v) is 7.26. The Hall–Kier alpha value is -1.40. The number of epoxide rings is 1. The van der Waals surface area contributed by atoms with Crippen LogP contribution < -0.4 is 0 Å². The first kappa shape index (κ1) is 12.2. The molecule has 112 valence electrons. The van der Waals surface area contributed by atoms with Crippen LogP contribution in [-0.4, -0.2) is 46.6 Å². The van der Waals surface area contributed by atoms with Gasteiger partial charge in [0.25, 0.3) is 0 Å². The highest BCUT2D eigenvalue weighted by Gasteiger charge is 2.95. The standard InChI is InChI=1S/C15H16O6/c1-5(2)7-8-11(16)19-9(7)10-13(3)14(8,18)4-6-15(13,21-6)12(17)20-10/h6-10,18H,1,4H2,2-3H3/t6?,7-,8+,9+,10-,13-,14-,15?/m1/s1. The van der Waals surface area contributed by atoms with Crippen LogP contribution in [0.25, 0.3) is 0 Å². The quantitative estimate of drug-likeness (QED) is 0.414. The fourth-order valence-electron chi connectivity index (χ4n) is 5.59. The molecule has 0 aromatic rings. The lowest BCUT2D eigenvalue weighted by molar-refractivity contribution is -0.195. The van der Waals surface area contributed by atoms with Gasteiger partial charge in [-0.1, -0.05) is 12.2 Å². The van der Waals surface area contributed by atoms with Crippen molar-refractivity contribution in [2.24, 2.45) is 17.3 Å². The van der Waals surface area contributed by atoms with Gasteiger partial charge in [-0.15, -0.1) is 0 Å². The molecule has 1 spiro atoms. The summed E-state index contributed by atoms with van der Waals surface area (Å²) in [5.74, 6) is -1.86. The molecule has 1 N–H and O–H groups in total. The zero-order valence-corrected chi connectivity index (χ0v) is 11.8. The van der Waals surface area contributed by atoms with E-state index in [1.807, 2.05) is 6.92 Å². The number of esters is 2. The minimum absolute atomic E-state index is 0.269. The van der Waals surface area contributed by atoms with Gasteiger partial charge in [0, 0.05) is 12.3 Å². The fourth-order valence-corrected chi connectivity index (χ4v) is 5.59. The van der Waals surface area contributed by atoms with Crippen molar-refractivity contribution >= 4 is 11.9 Å². The van der Waals surface area contributed by atoms with Crippen molar-refractivity contribution in [2.45, 2.75) is 49.8 Å². The van der Waals surface area contributed by atoms with E-state index >= 15 is 0 Å². The molecule has 5 rings (SSSR count). The third-order valence-corrected chi connectivity index (χ3v) is 6.60. The van der Waals surface area contributed by atoms with Crippen molar-refractivity contribution in [3.63, 3.8) is 0 Å². The van der Waals surface area contributed by atoms with Crippen LogP contribution in [0.2, 0.25) is 0 Å². The maximum absolute atomic E-state index is 12.3.